The number of aromatic nitrogens is 1. The highest BCUT2D eigenvalue weighted by Gasteiger charge is 2.23. The molecule has 0 aliphatic carbocycles. The molecule has 1 aromatic heterocycles. The van der Waals surface area contributed by atoms with Crippen molar-refractivity contribution >= 4 is 34.3 Å². The second-order valence-electron chi connectivity index (χ2n) is 6.92. The predicted octanol–water partition coefficient (Wildman–Crippen LogP) is 4.20. The average molecular weight is 420 g/mol. The number of ether oxygens (including phenoxy) is 2. The zero-order valence-corrected chi connectivity index (χ0v) is 17.7. The first-order chi connectivity index (χ1) is 14.6. The number of thioether (sulfide) groups is 1. The molecule has 1 aliphatic rings. The number of methoxy groups -OCH3 is 2. The molecular formula is C23H21N3O3S. The third-order valence-electron chi connectivity index (χ3n) is 5.15. The van der Waals surface area contributed by atoms with Crippen LogP contribution < -0.4 is 14.4 Å². The second kappa shape index (κ2) is 8.64. The van der Waals surface area contributed by atoms with Crippen molar-refractivity contribution in [1.82, 2.24) is 4.98 Å². The van der Waals surface area contributed by atoms with Crippen LogP contribution in [0.2, 0.25) is 0 Å². The molecular weight excluding hydrogens is 398 g/mol. The van der Waals surface area contributed by atoms with Gasteiger partial charge in [0, 0.05) is 23.7 Å². The summed E-state index contributed by atoms with van der Waals surface area (Å²) in [4.78, 5) is 19.4. The Bertz CT molecular complexity index is 1160. The van der Waals surface area contributed by atoms with Crippen molar-refractivity contribution in [3.05, 3.63) is 53.6 Å². The minimum atomic E-state index is 0.0187. The molecule has 2 heterocycles. The molecule has 0 bridgehead atoms. The molecule has 0 N–H and O–H groups in total. The SMILES string of the molecule is COc1cc2cc(C#N)c(SCC(=O)N3CCCc4ccccc43)nc2cc1OC. The number of carbonyl (C=O) groups is 1. The second-order valence-corrected chi connectivity index (χ2v) is 7.88. The number of benzene rings is 2. The number of pyridine rings is 1. The van der Waals surface area contributed by atoms with E-state index in [2.05, 4.69) is 17.1 Å². The zero-order chi connectivity index (χ0) is 21.1. The Hall–Kier alpha value is -3.24. The minimum absolute atomic E-state index is 0.0187. The van der Waals surface area contributed by atoms with E-state index < -0.39 is 0 Å². The lowest BCUT2D eigenvalue weighted by Gasteiger charge is -2.29. The summed E-state index contributed by atoms with van der Waals surface area (Å²) in [5, 5.41) is 10.9. The van der Waals surface area contributed by atoms with Gasteiger partial charge in [-0.1, -0.05) is 30.0 Å². The maximum atomic E-state index is 12.9. The lowest BCUT2D eigenvalue weighted by Crippen LogP contribution is -2.36. The monoisotopic (exact) mass is 419 g/mol. The van der Waals surface area contributed by atoms with Gasteiger partial charge in [-0.2, -0.15) is 5.26 Å². The summed E-state index contributed by atoms with van der Waals surface area (Å²) in [6.07, 6.45) is 1.94. The molecule has 4 rings (SSSR count). The van der Waals surface area contributed by atoms with Gasteiger partial charge in [0.15, 0.2) is 11.5 Å². The first-order valence-corrected chi connectivity index (χ1v) is 10.6. The van der Waals surface area contributed by atoms with Gasteiger partial charge in [0.2, 0.25) is 5.91 Å². The normalized spacial score (nSPS) is 12.9. The van der Waals surface area contributed by atoms with E-state index in [0.717, 1.165) is 23.9 Å². The van der Waals surface area contributed by atoms with Crippen LogP contribution in [-0.2, 0) is 11.2 Å². The minimum Gasteiger partial charge on any atom is -0.493 e. The fraction of sp³-hybridized carbons (Fsp3) is 0.261. The maximum Gasteiger partial charge on any atom is 0.237 e. The van der Waals surface area contributed by atoms with Crippen molar-refractivity contribution in [2.75, 3.05) is 31.4 Å². The first kappa shape index (κ1) is 20.0. The maximum absolute atomic E-state index is 12.9. The molecule has 7 heteroatoms. The van der Waals surface area contributed by atoms with Crippen LogP contribution in [0.1, 0.15) is 17.5 Å². The molecule has 0 atom stereocenters. The van der Waals surface area contributed by atoms with Gasteiger partial charge in [-0.3, -0.25) is 4.79 Å². The number of aryl methyl sites for hydroxylation is 1. The summed E-state index contributed by atoms with van der Waals surface area (Å²) in [5.74, 6) is 1.38. The fourth-order valence-corrected chi connectivity index (χ4v) is 4.51. The summed E-state index contributed by atoms with van der Waals surface area (Å²) in [6.45, 7) is 0.712. The summed E-state index contributed by atoms with van der Waals surface area (Å²) in [7, 11) is 3.13. The number of hydrogen-bond acceptors (Lipinski definition) is 6. The molecule has 0 spiro atoms. The number of rotatable bonds is 5. The Kier molecular flexibility index (Phi) is 5.77. The number of nitriles is 1. The number of hydrogen-bond donors (Lipinski definition) is 0. The van der Waals surface area contributed by atoms with Crippen LogP contribution >= 0.6 is 11.8 Å². The molecule has 0 radical (unpaired) electrons. The molecule has 6 nitrogen and oxygen atoms in total. The molecule has 0 saturated heterocycles. The summed E-state index contributed by atoms with van der Waals surface area (Å²) < 4.78 is 10.7. The van der Waals surface area contributed by atoms with Gasteiger partial charge in [0.25, 0.3) is 0 Å². The number of carbonyl (C=O) groups excluding carboxylic acids is 1. The van der Waals surface area contributed by atoms with Crippen molar-refractivity contribution in [2.45, 2.75) is 17.9 Å². The Labute approximate surface area is 179 Å². The van der Waals surface area contributed by atoms with Gasteiger partial charge >= 0.3 is 0 Å². The van der Waals surface area contributed by atoms with Crippen molar-refractivity contribution in [3.8, 4) is 17.6 Å². The third kappa shape index (κ3) is 3.79. The molecule has 0 unspecified atom stereocenters. The van der Waals surface area contributed by atoms with Crippen molar-refractivity contribution in [1.29, 1.82) is 5.26 Å². The van der Waals surface area contributed by atoms with Crippen molar-refractivity contribution < 1.29 is 14.3 Å². The summed E-state index contributed by atoms with van der Waals surface area (Å²) in [6, 6.07) is 15.6. The van der Waals surface area contributed by atoms with Gasteiger partial charge in [-0.15, -0.1) is 0 Å². The van der Waals surface area contributed by atoms with Crippen molar-refractivity contribution in [3.63, 3.8) is 0 Å². The van der Waals surface area contributed by atoms with Crippen LogP contribution in [-0.4, -0.2) is 37.4 Å². The van der Waals surface area contributed by atoms with E-state index in [0.29, 0.717) is 34.1 Å². The summed E-state index contributed by atoms with van der Waals surface area (Å²) in [5.41, 5.74) is 3.30. The van der Waals surface area contributed by atoms with Gasteiger partial charge in [0.05, 0.1) is 31.1 Å². The number of fused-ring (bicyclic) bond motifs is 2. The molecule has 1 aliphatic heterocycles. The highest BCUT2D eigenvalue weighted by atomic mass is 32.2. The molecule has 2 aromatic carbocycles. The lowest BCUT2D eigenvalue weighted by atomic mass is 10.0. The van der Waals surface area contributed by atoms with Crippen LogP contribution in [0.5, 0.6) is 11.5 Å². The number of anilines is 1. The van der Waals surface area contributed by atoms with E-state index in [4.69, 9.17) is 9.47 Å². The molecule has 30 heavy (non-hydrogen) atoms. The number of amides is 1. The third-order valence-corrected chi connectivity index (χ3v) is 6.13. The van der Waals surface area contributed by atoms with Crippen LogP contribution in [0.25, 0.3) is 10.9 Å². The molecule has 1 amide bonds. The Morgan fingerprint density at radius 2 is 1.97 bits per heavy atom. The van der Waals surface area contributed by atoms with Crippen molar-refractivity contribution in [2.24, 2.45) is 0 Å². The van der Waals surface area contributed by atoms with E-state index in [9.17, 15) is 10.1 Å². The average Bonchev–Trinajstić information content (AvgIpc) is 2.80. The Morgan fingerprint density at radius 3 is 2.73 bits per heavy atom. The van der Waals surface area contributed by atoms with Crippen LogP contribution in [0, 0.1) is 11.3 Å². The standard InChI is InChI=1S/C23H21N3O3S/c1-28-20-11-16-10-17(13-24)23(25-18(16)12-21(20)29-2)30-14-22(27)26-9-5-7-15-6-3-4-8-19(15)26/h3-4,6,8,10-12H,5,7,9,14H2,1-2H3. The van der Waals surface area contributed by atoms with Gasteiger partial charge in [-0.25, -0.2) is 4.98 Å². The Balaban J connectivity index is 1.59. The van der Waals surface area contributed by atoms with Crippen LogP contribution in [0.3, 0.4) is 0 Å². The van der Waals surface area contributed by atoms with E-state index in [1.165, 1.54) is 17.3 Å². The lowest BCUT2D eigenvalue weighted by molar-refractivity contribution is -0.116. The quantitative estimate of drug-likeness (QED) is 0.577. The smallest absolute Gasteiger partial charge is 0.237 e. The Morgan fingerprint density at radius 1 is 1.20 bits per heavy atom. The van der Waals surface area contributed by atoms with Crippen LogP contribution in [0.4, 0.5) is 5.69 Å². The zero-order valence-electron chi connectivity index (χ0n) is 16.8. The van der Waals surface area contributed by atoms with Gasteiger partial charge in [-0.05, 0) is 36.6 Å². The van der Waals surface area contributed by atoms with Gasteiger partial charge in [0.1, 0.15) is 11.1 Å². The molecule has 0 fully saturated rings. The van der Waals surface area contributed by atoms with Gasteiger partial charge < -0.3 is 14.4 Å². The molecule has 3 aromatic rings. The molecule has 152 valence electrons. The highest BCUT2D eigenvalue weighted by Crippen LogP contribution is 2.34. The van der Waals surface area contributed by atoms with E-state index in [1.54, 1.807) is 32.4 Å². The predicted molar refractivity (Wildman–Crippen MR) is 117 cm³/mol. The molecule has 0 saturated carbocycles. The first-order valence-electron chi connectivity index (χ1n) is 9.62. The fourth-order valence-electron chi connectivity index (χ4n) is 3.67. The van der Waals surface area contributed by atoms with Crippen LogP contribution in [0.15, 0.2) is 47.5 Å². The topological polar surface area (TPSA) is 75.5 Å². The van der Waals surface area contributed by atoms with E-state index in [-0.39, 0.29) is 11.7 Å². The summed E-state index contributed by atoms with van der Waals surface area (Å²) >= 11 is 1.29. The number of para-hydroxylation sites is 1. The number of nitrogens with zero attached hydrogens (tertiary/aromatic N) is 3. The van der Waals surface area contributed by atoms with E-state index in [1.807, 2.05) is 23.1 Å². The van der Waals surface area contributed by atoms with E-state index >= 15 is 0 Å². The highest BCUT2D eigenvalue weighted by molar-refractivity contribution is 8.00. The largest absolute Gasteiger partial charge is 0.493 e.